The molecule has 2 atom stereocenters. The number of aromatic nitrogens is 3. The molecule has 0 saturated carbocycles. The van der Waals surface area contributed by atoms with Crippen LogP contribution in [0.15, 0.2) is 42.1 Å². The predicted octanol–water partition coefficient (Wildman–Crippen LogP) is 5.96. The first-order chi connectivity index (χ1) is 17.8. The molecule has 1 aliphatic carbocycles. The molecule has 3 aromatic rings. The summed E-state index contributed by atoms with van der Waals surface area (Å²) in [7, 11) is 1.36. The Kier molecular flexibility index (Phi) is 8.94. The number of carbonyl (C=O) groups is 2. The van der Waals surface area contributed by atoms with Crippen molar-refractivity contribution in [3.8, 4) is 5.75 Å². The van der Waals surface area contributed by atoms with E-state index < -0.39 is 12.1 Å². The largest absolute Gasteiger partial charge is 0.483 e. The van der Waals surface area contributed by atoms with Gasteiger partial charge in [0.05, 0.1) is 18.4 Å². The Bertz CT molecular complexity index is 1310. The van der Waals surface area contributed by atoms with Crippen molar-refractivity contribution in [2.45, 2.75) is 50.9 Å². The predicted molar refractivity (Wildman–Crippen MR) is 147 cm³/mol. The number of fused-ring (bicyclic) bond motifs is 1. The minimum absolute atomic E-state index is 0.0956. The highest BCUT2D eigenvalue weighted by atomic mass is 35.5. The monoisotopic (exact) mass is 560 g/mol. The van der Waals surface area contributed by atoms with E-state index in [4.69, 9.17) is 21.1 Å². The van der Waals surface area contributed by atoms with E-state index in [1.807, 2.05) is 23.6 Å². The van der Waals surface area contributed by atoms with E-state index in [2.05, 4.69) is 29.0 Å². The summed E-state index contributed by atoms with van der Waals surface area (Å²) in [4.78, 5) is 26.6. The molecule has 0 aliphatic heterocycles. The van der Waals surface area contributed by atoms with Crippen LogP contribution in [0.4, 0.5) is 5.00 Å². The molecule has 2 aromatic heterocycles. The lowest BCUT2D eigenvalue weighted by Gasteiger charge is -2.18. The van der Waals surface area contributed by atoms with Gasteiger partial charge in [-0.15, -0.1) is 28.1 Å². The van der Waals surface area contributed by atoms with Crippen molar-refractivity contribution in [1.82, 2.24) is 14.8 Å². The highest BCUT2D eigenvalue weighted by molar-refractivity contribution is 7.99. The summed E-state index contributed by atoms with van der Waals surface area (Å²) in [6.45, 7) is 8.36. The van der Waals surface area contributed by atoms with Gasteiger partial charge in [0, 0.05) is 16.4 Å². The lowest BCUT2D eigenvalue weighted by Crippen LogP contribution is -2.17. The second-order valence-corrected chi connectivity index (χ2v) is 11.3. The molecule has 4 rings (SSSR count). The van der Waals surface area contributed by atoms with Crippen molar-refractivity contribution in [2.24, 2.45) is 5.92 Å². The van der Waals surface area contributed by atoms with Gasteiger partial charge in [-0.05, 0) is 55.9 Å². The van der Waals surface area contributed by atoms with Crippen molar-refractivity contribution in [3.63, 3.8) is 0 Å². The second kappa shape index (κ2) is 12.1. The van der Waals surface area contributed by atoms with Gasteiger partial charge in [-0.1, -0.05) is 42.4 Å². The molecule has 1 aromatic carbocycles. The van der Waals surface area contributed by atoms with Gasteiger partial charge in [-0.2, -0.15) is 0 Å². The van der Waals surface area contributed by atoms with Gasteiger partial charge >= 0.3 is 5.97 Å². The average Bonchev–Trinajstić information content (AvgIpc) is 3.42. The zero-order valence-corrected chi connectivity index (χ0v) is 23.3. The number of nitrogens with one attached hydrogen (secondary N) is 1. The highest BCUT2D eigenvalue weighted by Gasteiger charge is 2.29. The van der Waals surface area contributed by atoms with Gasteiger partial charge < -0.3 is 14.8 Å². The molecule has 37 heavy (non-hydrogen) atoms. The van der Waals surface area contributed by atoms with Crippen LogP contribution in [0.1, 0.15) is 53.0 Å². The normalized spacial score (nSPS) is 15.5. The Hall–Kier alpha value is -2.82. The number of nitrogens with zero attached hydrogens (tertiary/aromatic N) is 3. The van der Waals surface area contributed by atoms with E-state index in [1.54, 1.807) is 18.2 Å². The number of anilines is 1. The lowest BCUT2D eigenvalue weighted by atomic mass is 9.88. The van der Waals surface area contributed by atoms with Crippen molar-refractivity contribution in [3.05, 3.63) is 63.8 Å². The zero-order valence-electron chi connectivity index (χ0n) is 21.0. The number of carbonyl (C=O) groups excluding carboxylic acids is 2. The number of rotatable bonds is 10. The summed E-state index contributed by atoms with van der Waals surface area (Å²) in [6.07, 6.45) is 4.06. The van der Waals surface area contributed by atoms with Crippen LogP contribution in [-0.4, -0.2) is 39.5 Å². The molecule has 0 bridgehead atoms. The number of benzene rings is 1. The van der Waals surface area contributed by atoms with Crippen LogP contribution in [0.2, 0.25) is 5.02 Å². The summed E-state index contributed by atoms with van der Waals surface area (Å²) in [5.41, 5.74) is 1.49. The number of amides is 1. The molecule has 1 aliphatic rings. The fraction of sp³-hybridized carbons (Fsp3) is 0.385. The maximum Gasteiger partial charge on any atom is 0.341 e. The van der Waals surface area contributed by atoms with Gasteiger partial charge in [0.2, 0.25) is 5.91 Å². The number of allylic oxidation sites excluding steroid dienone is 1. The molecule has 2 heterocycles. The van der Waals surface area contributed by atoms with Crippen LogP contribution in [0.5, 0.6) is 5.75 Å². The zero-order chi connectivity index (χ0) is 26.5. The third-order valence-corrected chi connectivity index (χ3v) is 8.39. The van der Waals surface area contributed by atoms with E-state index in [0.717, 1.165) is 29.7 Å². The first kappa shape index (κ1) is 27.2. The van der Waals surface area contributed by atoms with Gasteiger partial charge in [0.15, 0.2) is 17.1 Å². The van der Waals surface area contributed by atoms with Crippen LogP contribution >= 0.6 is 34.7 Å². The Labute approximate surface area is 229 Å². The van der Waals surface area contributed by atoms with Gasteiger partial charge in [0.1, 0.15) is 10.8 Å². The third-order valence-electron chi connectivity index (χ3n) is 6.02. The topological polar surface area (TPSA) is 95.3 Å². The van der Waals surface area contributed by atoms with Crippen molar-refractivity contribution < 1.29 is 19.1 Å². The standard InChI is InChI=1S/C26H29ClN4O4S2/c1-5-11-31-23(16(3)35-18-8-6-7-17(27)13-18)29-30-26(31)36-14-21(32)28-24-22(25(33)34-4)19-10-9-15(2)12-20(19)37-24/h5-8,13,15-16H,1,9-12,14H2,2-4H3,(H,28,32). The Morgan fingerprint density at radius 3 is 2.95 bits per heavy atom. The smallest absolute Gasteiger partial charge is 0.341 e. The first-order valence-corrected chi connectivity index (χ1v) is 14.1. The molecule has 11 heteroatoms. The number of methoxy groups -OCH3 is 1. The molecule has 1 N–H and O–H groups in total. The Morgan fingerprint density at radius 1 is 1.41 bits per heavy atom. The molecule has 1 amide bonds. The average molecular weight is 561 g/mol. The SMILES string of the molecule is C=CCn1c(SCC(=O)Nc2sc3c(c2C(=O)OC)CCC(C)C3)nnc1C(C)Oc1cccc(Cl)c1. The Balaban J connectivity index is 1.46. The minimum atomic E-state index is -0.418. The number of thioether (sulfide) groups is 1. The molecule has 2 unspecified atom stereocenters. The van der Waals surface area contributed by atoms with Crippen LogP contribution < -0.4 is 10.1 Å². The number of thiophene rings is 1. The minimum Gasteiger partial charge on any atom is -0.483 e. The summed E-state index contributed by atoms with van der Waals surface area (Å²) in [5, 5.41) is 13.2. The fourth-order valence-electron chi connectivity index (χ4n) is 4.26. The van der Waals surface area contributed by atoms with E-state index in [-0.39, 0.29) is 11.7 Å². The molecular weight excluding hydrogens is 532 g/mol. The summed E-state index contributed by atoms with van der Waals surface area (Å²) < 4.78 is 12.9. The molecule has 196 valence electrons. The van der Waals surface area contributed by atoms with E-state index in [9.17, 15) is 9.59 Å². The number of hydrogen-bond donors (Lipinski definition) is 1. The molecule has 0 saturated heterocycles. The highest BCUT2D eigenvalue weighted by Crippen LogP contribution is 2.40. The maximum absolute atomic E-state index is 12.9. The van der Waals surface area contributed by atoms with E-state index >= 15 is 0 Å². The quantitative estimate of drug-likeness (QED) is 0.186. The maximum atomic E-state index is 12.9. The molecular formula is C26H29ClN4O4S2. The van der Waals surface area contributed by atoms with Crippen molar-refractivity contribution in [1.29, 1.82) is 0 Å². The van der Waals surface area contributed by atoms with Crippen LogP contribution in [0, 0.1) is 5.92 Å². The number of ether oxygens (including phenoxy) is 2. The number of halogens is 1. The van der Waals surface area contributed by atoms with Crippen molar-refractivity contribution in [2.75, 3.05) is 18.2 Å². The van der Waals surface area contributed by atoms with Crippen LogP contribution in [0.25, 0.3) is 0 Å². The number of esters is 1. The summed E-state index contributed by atoms with van der Waals surface area (Å²) >= 11 is 8.79. The number of hydrogen-bond acceptors (Lipinski definition) is 8. The summed E-state index contributed by atoms with van der Waals surface area (Å²) in [6, 6.07) is 7.15. The molecule has 8 nitrogen and oxygen atoms in total. The Morgan fingerprint density at radius 2 is 2.22 bits per heavy atom. The van der Waals surface area contributed by atoms with E-state index in [0.29, 0.717) is 44.8 Å². The molecule has 0 radical (unpaired) electrons. The summed E-state index contributed by atoms with van der Waals surface area (Å²) in [5.74, 6) is 1.22. The third kappa shape index (κ3) is 6.37. The lowest BCUT2D eigenvalue weighted by molar-refractivity contribution is -0.113. The van der Waals surface area contributed by atoms with Crippen LogP contribution in [0.3, 0.4) is 0 Å². The van der Waals surface area contributed by atoms with Crippen molar-refractivity contribution >= 4 is 51.6 Å². The molecule has 0 spiro atoms. The van der Waals surface area contributed by atoms with E-state index in [1.165, 1.54) is 30.2 Å². The molecule has 0 fully saturated rings. The second-order valence-electron chi connectivity index (χ2n) is 8.84. The van der Waals surface area contributed by atoms with Gasteiger partial charge in [-0.3, -0.25) is 9.36 Å². The van der Waals surface area contributed by atoms with Gasteiger partial charge in [-0.25, -0.2) is 4.79 Å². The van der Waals surface area contributed by atoms with Crippen LogP contribution in [-0.2, 0) is 28.9 Å². The fourth-order valence-corrected chi connectivity index (χ4v) is 6.61. The first-order valence-electron chi connectivity index (χ1n) is 11.9. The van der Waals surface area contributed by atoms with Gasteiger partial charge in [0.25, 0.3) is 0 Å².